The first-order valence-corrected chi connectivity index (χ1v) is 11.3. The van der Waals surface area contributed by atoms with Gasteiger partial charge in [0.2, 0.25) is 0 Å². The fourth-order valence-electron chi connectivity index (χ4n) is 4.56. The van der Waals surface area contributed by atoms with Gasteiger partial charge in [-0.2, -0.15) is 0 Å². The molecule has 6 heteroatoms. The zero-order valence-corrected chi connectivity index (χ0v) is 18.3. The Morgan fingerprint density at radius 2 is 1.24 bits per heavy atom. The van der Waals surface area contributed by atoms with E-state index in [0.29, 0.717) is 37.3 Å². The third-order valence-corrected chi connectivity index (χ3v) is 6.45. The predicted octanol–water partition coefficient (Wildman–Crippen LogP) is 3.82. The SMILES string of the molecule is O=C(c1ccc(F)cc1)N1CCC(NC2CN(C(=O)c3ccc(-c4ccccc4)cc3)C2)C1. The summed E-state index contributed by atoms with van der Waals surface area (Å²) >= 11 is 0. The van der Waals surface area contributed by atoms with Crippen molar-refractivity contribution < 1.29 is 14.0 Å². The minimum atomic E-state index is -0.344. The number of halogens is 1. The van der Waals surface area contributed by atoms with E-state index >= 15 is 0 Å². The molecule has 0 saturated carbocycles. The standard InChI is InChI=1S/C27H26FN3O2/c28-23-12-10-22(11-13-23)26(32)30-15-14-24(16-30)29-25-17-31(18-25)27(33)21-8-6-20(7-9-21)19-4-2-1-3-5-19/h1-13,24-25,29H,14-18H2. The van der Waals surface area contributed by atoms with Gasteiger partial charge in [0.25, 0.3) is 11.8 Å². The molecule has 1 N–H and O–H groups in total. The van der Waals surface area contributed by atoms with Gasteiger partial charge in [0.05, 0.1) is 0 Å². The van der Waals surface area contributed by atoms with Gasteiger partial charge in [0, 0.05) is 49.4 Å². The number of hydrogen-bond acceptors (Lipinski definition) is 3. The van der Waals surface area contributed by atoms with Crippen molar-refractivity contribution in [3.8, 4) is 11.1 Å². The van der Waals surface area contributed by atoms with E-state index in [1.807, 2.05) is 47.4 Å². The maximum atomic E-state index is 13.1. The van der Waals surface area contributed by atoms with E-state index < -0.39 is 0 Å². The zero-order valence-electron chi connectivity index (χ0n) is 18.3. The van der Waals surface area contributed by atoms with Crippen molar-refractivity contribution in [2.45, 2.75) is 18.5 Å². The molecule has 0 aliphatic carbocycles. The van der Waals surface area contributed by atoms with Gasteiger partial charge in [-0.05, 0) is 53.9 Å². The maximum absolute atomic E-state index is 13.1. The van der Waals surface area contributed by atoms with Crippen LogP contribution in [0.4, 0.5) is 4.39 Å². The van der Waals surface area contributed by atoms with Gasteiger partial charge < -0.3 is 15.1 Å². The van der Waals surface area contributed by atoms with Gasteiger partial charge in [-0.3, -0.25) is 9.59 Å². The summed E-state index contributed by atoms with van der Waals surface area (Å²) in [6.07, 6.45) is 0.873. The van der Waals surface area contributed by atoms with Gasteiger partial charge in [-0.15, -0.1) is 0 Å². The van der Waals surface area contributed by atoms with Crippen molar-refractivity contribution in [1.82, 2.24) is 15.1 Å². The van der Waals surface area contributed by atoms with E-state index in [9.17, 15) is 14.0 Å². The van der Waals surface area contributed by atoms with Crippen LogP contribution in [0.1, 0.15) is 27.1 Å². The molecule has 2 aliphatic rings. The highest BCUT2D eigenvalue weighted by atomic mass is 19.1. The van der Waals surface area contributed by atoms with Crippen LogP contribution in [0, 0.1) is 5.82 Å². The molecule has 33 heavy (non-hydrogen) atoms. The summed E-state index contributed by atoms with van der Waals surface area (Å²) in [6.45, 7) is 2.64. The Kier molecular flexibility index (Phi) is 5.92. The third-order valence-electron chi connectivity index (χ3n) is 6.45. The van der Waals surface area contributed by atoms with Crippen LogP contribution in [0.2, 0.25) is 0 Å². The van der Waals surface area contributed by atoms with E-state index in [2.05, 4.69) is 17.4 Å². The second-order valence-corrected chi connectivity index (χ2v) is 8.76. The van der Waals surface area contributed by atoms with Gasteiger partial charge in [-0.1, -0.05) is 42.5 Å². The van der Waals surface area contributed by atoms with Crippen molar-refractivity contribution in [2.75, 3.05) is 26.2 Å². The van der Waals surface area contributed by atoms with Crippen molar-refractivity contribution >= 4 is 11.8 Å². The molecular formula is C27H26FN3O2. The molecule has 0 bridgehead atoms. The van der Waals surface area contributed by atoms with Gasteiger partial charge in [0.15, 0.2) is 0 Å². The summed E-state index contributed by atoms with van der Waals surface area (Å²) < 4.78 is 13.1. The second kappa shape index (κ2) is 9.16. The van der Waals surface area contributed by atoms with E-state index in [-0.39, 0.29) is 29.7 Å². The number of carbonyl (C=O) groups is 2. The van der Waals surface area contributed by atoms with Crippen molar-refractivity contribution in [3.05, 3.63) is 95.8 Å². The summed E-state index contributed by atoms with van der Waals surface area (Å²) in [5.74, 6) is -0.361. The highest BCUT2D eigenvalue weighted by Crippen LogP contribution is 2.22. The quantitative estimate of drug-likeness (QED) is 0.652. The fourth-order valence-corrected chi connectivity index (χ4v) is 4.56. The van der Waals surface area contributed by atoms with E-state index in [1.54, 1.807) is 4.90 Å². The first-order chi connectivity index (χ1) is 16.1. The van der Waals surface area contributed by atoms with Gasteiger partial charge in [-0.25, -0.2) is 4.39 Å². The van der Waals surface area contributed by atoms with Crippen LogP contribution in [0.25, 0.3) is 11.1 Å². The van der Waals surface area contributed by atoms with Crippen LogP contribution in [-0.2, 0) is 0 Å². The normalized spacial score (nSPS) is 18.3. The van der Waals surface area contributed by atoms with E-state index in [0.717, 1.165) is 17.5 Å². The van der Waals surface area contributed by atoms with E-state index in [1.165, 1.54) is 24.3 Å². The Hall–Kier alpha value is -3.51. The number of rotatable bonds is 5. The lowest BCUT2D eigenvalue weighted by molar-refractivity contribution is 0.0552. The average molecular weight is 444 g/mol. The molecular weight excluding hydrogens is 417 g/mol. The fraction of sp³-hybridized carbons (Fsp3) is 0.259. The molecule has 2 fully saturated rings. The molecule has 0 radical (unpaired) electrons. The van der Waals surface area contributed by atoms with Crippen LogP contribution in [0.15, 0.2) is 78.9 Å². The molecule has 1 atom stereocenters. The molecule has 3 aromatic rings. The topological polar surface area (TPSA) is 52.7 Å². The van der Waals surface area contributed by atoms with Crippen molar-refractivity contribution in [2.24, 2.45) is 0 Å². The Morgan fingerprint density at radius 3 is 1.91 bits per heavy atom. The minimum absolute atomic E-state index is 0.0483. The molecule has 0 spiro atoms. The molecule has 5 nitrogen and oxygen atoms in total. The molecule has 5 rings (SSSR count). The first-order valence-electron chi connectivity index (χ1n) is 11.3. The second-order valence-electron chi connectivity index (χ2n) is 8.76. The molecule has 0 aromatic heterocycles. The lowest BCUT2D eigenvalue weighted by Crippen LogP contribution is -2.62. The number of hydrogen-bond donors (Lipinski definition) is 1. The highest BCUT2D eigenvalue weighted by Gasteiger charge is 2.35. The van der Waals surface area contributed by atoms with Crippen LogP contribution in [0.5, 0.6) is 0 Å². The van der Waals surface area contributed by atoms with Gasteiger partial charge >= 0.3 is 0 Å². The van der Waals surface area contributed by atoms with Crippen LogP contribution < -0.4 is 5.32 Å². The number of likely N-dealkylation sites (tertiary alicyclic amines) is 2. The Balaban J connectivity index is 1.10. The number of nitrogens with one attached hydrogen (secondary N) is 1. The molecule has 2 amide bonds. The summed E-state index contributed by atoms with van der Waals surface area (Å²) in [5, 5.41) is 3.58. The van der Waals surface area contributed by atoms with Crippen LogP contribution >= 0.6 is 0 Å². The lowest BCUT2D eigenvalue weighted by atomic mass is 10.0. The average Bonchev–Trinajstić information content (AvgIpc) is 3.30. The Labute approximate surface area is 192 Å². The number of carbonyl (C=O) groups excluding carboxylic acids is 2. The highest BCUT2D eigenvalue weighted by molar-refractivity contribution is 5.95. The number of nitrogens with zero attached hydrogens (tertiary/aromatic N) is 2. The monoisotopic (exact) mass is 443 g/mol. The van der Waals surface area contributed by atoms with Gasteiger partial charge in [0.1, 0.15) is 5.82 Å². The van der Waals surface area contributed by atoms with Crippen molar-refractivity contribution in [1.29, 1.82) is 0 Å². The summed E-state index contributed by atoms with van der Waals surface area (Å²) in [5.41, 5.74) is 3.44. The molecule has 3 aromatic carbocycles. The third kappa shape index (κ3) is 4.66. The summed E-state index contributed by atoms with van der Waals surface area (Å²) in [6, 6.07) is 24.0. The summed E-state index contributed by atoms with van der Waals surface area (Å²) in [7, 11) is 0. The predicted molar refractivity (Wildman–Crippen MR) is 125 cm³/mol. The Morgan fingerprint density at radius 1 is 0.697 bits per heavy atom. The molecule has 168 valence electrons. The number of benzene rings is 3. The molecule has 2 heterocycles. The lowest BCUT2D eigenvalue weighted by Gasteiger charge is -2.41. The summed E-state index contributed by atoms with van der Waals surface area (Å²) in [4.78, 5) is 29.1. The smallest absolute Gasteiger partial charge is 0.253 e. The minimum Gasteiger partial charge on any atom is -0.337 e. The first kappa shape index (κ1) is 21.3. The Bertz CT molecular complexity index is 1130. The molecule has 2 aliphatic heterocycles. The zero-order chi connectivity index (χ0) is 22.8. The van der Waals surface area contributed by atoms with Crippen LogP contribution in [0.3, 0.4) is 0 Å². The number of amides is 2. The van der Waals surface area contributed by atoms with Crippen molar-refractivity contribution in [3.63, 3.8) is 0 Å². The van der Waals surface area contributed by atoms with E-state index in [4.69, 9.17) is 0 Å². The molecule has 1 unspecified atom stereocenters. The molecule has 2 saturated heterocycles. The maximum Gasteiger partial charge on any atom is 0.253 e. The largest absolute Gasteiger partial charge is 0.337 e. The van der Waals surface area contributed by atoms with Crippen LogP contribution in [-0.4, -0.2) is 59.9 Å².